The van der Waals surface area contributed by atoms with Crippen LogP contribution in [0.3, 0.4) is 0 Å². The zero-order valence-electron chi connectivity index (χ0n) is 34.4. The van der Waals surface area contributed by atoms with Gasteiger partial charge in [-0.2, -0.15) is 0 Å². The number of hydrogen-bond acceptors (Lipinski definition) is 13. The minimum atomic E-state index is -1.67. The average molecular weight is 785 g/mol. The predicted molar refractivity (Wildman–Crippen MR) is 201 cm³/mol. The van der Waals surface area contributed by atoms with Gasteiger partial charge in [0.25, 0.3) is 0 Å². The number of hydrogen-bond donors (Lipinski definition) is 9. The van der Waals surface area contributed by atoms with Crippen molar-refractivity contribution in [1.29, 1.82) is 0 Å². The van der Waals surface area contributed by atoms with E-state index in [1.54, 1.807) is 0 Å². The van der Waals surface area contributed by atoms with Gasteiger partial charge in [-0.15, -0.1) is 0 Å². The van der Waals surface area contributed by atoms with Gasteiger partial charge < -0.3 is 64.9 Å². The molecule has 13 heteroatoms. The van der Waals surface area contributed by atoms with Crippen LogP contribution in [-0.4, -0.2) is 138 Å². The van der Waals surface area contributed by atoms with E-state index in [9.17, 15) is 46.0 Å². The van der Waals surface area contributed by atoms with E-state index in [4.69, 9.17) is 18.9 Å². The van der Waals surface area contributed by atoms with E-state index in [2.05, 4.69) is 40.7 Å². The van der Waals surface area contributed by atoms with Crippen molar-refractivity contribution < 1.29 is 64.9 Å². The number of fused-ring (bicyclic) bond motifs is 5. The Hall–Kier alpha value is -0.780. The fourth-order valence-electron chi connectivity index (χ4n) is 13.4. The lowest BCUT2D eigenvalue weighted by molar-refractivity contribution is -0.370. The lowest BCUT2D eigenvalue weighted by Crippen LogP contribution is -2.68. The summed E-state index contributed by atoms with van der Waals surface area (Å²) in [6, 6.07) is 0. The summed E-state index contributed by atoms with van der Waals surface area (Å²) >= 11 is 0. The maximum atomic E-state index is 12.4. The molecule has 0 aromatic heterocycles. The zero-order chi connectivity index (χ0) is 40.8. The lowest BCUT2D eigenvalue weighted by Gasteiger charge is -2.71. The number of allylic oxidation sites excluding steroid dienone is 2. The standard InChI is InChI=1S/C42H72O13/c1-20(2)11-10-14-42(9,55-37-33(50)31(48)34(25(19-43)53-37)54-36-32(49)30(47)29(46)21(3)52-36)22-12-15-41(8)28(22)23(44)17-27-39(6)18-24(45)35(51)38(4,5)26(39)13-16-40(27,41)7/h11,21-37,43-51H,10,12-19H2,1-9H3/t21-,22-,23+,24+,25+,26-,27+,28-,29-,30+,31+,32+,33+,34+,35-,36-,37-,39-,40+,41+,42-/m0/s1. The largest absolute Gasteiger partial charge is 0.394 e. The first-order valence-electron chi connectivity index (χ1n) is 20.8. The number of ether oxygens (including phenoxy) is 4. The highest BCUT2D eigenvalue weighted by Gasteiger charge is 2.72. The van der Waals surface area contributed by atoms with Gasteiger partial charge in [-0.1, -0.05) is 46.3 Å². The van der Waals surface area contributed by atoms with Crippen LogP contribution in [0.1, 0.15) is 114 Å². The molecule has 6 aliphatic rings. The van der Waals surface area contributed by atoms with Gasteiger partial charge in [-0.25, -0.2) is 0 Å². The van der Waals surface area contributed by atoms with E-state index in [1.165, 1.54) is 6.92 Å². The fourth-order valence-corrected chi connectivity index (χ4v) is 13.4. The van der Waals surface area contributed by atoms with E-state index in [1.807, 2.05) is 20.8 Å². The summed E-state index contributed by atoms with van der Waals surface area (Å²) in [4.78, 5) is 0. The molecule has 6 fully saturated rings. The van der Waals surface area contributed by atoms with Crippen molar-refractivity contribution >= 4 is 0 Å². The minimum Gasteiger partial charge on any atom is -0.394 e. The first-order valence-corrected chi connectivity index (χ1v) is 20.8. The van der Waals surface area contributed by atoms with Crippen LogP contribution in [0.5, 0.6) is 0 Å². The Kier molecular flexibility index (Phi) is 12.2. The van der Waals surface area contributed by atoms with Crippen LogP contribution in [-0.2, 0) is 18.9 Å². The van der Waals surface area contributed by atoms with Crippen molar-refractivity contribution in [3.05, 3.63) is 11.6 Å². The van der Waals surface area contributed by atoms with E-state index in [0.29, 0.717) is 25.7 Å². The molecule has 21 atom stereocenters. The third-order valence-electron chi connectivity index (χ3n) is 16.6. The normalized spacial score (nSPS) is 53.4. The maximum Gasteiger partial charge on any atom is 0.187 e. The number of aliphatic hydroxyl groups is 9. The molecule has 0 unspecified atom stereocenters. The smallest absolute Gasteiger partial charge is 0.187 e. The Morgan fingerprint density at radius 1 is 0.782 bits per heavy atom. The molecule has 4 aliphatic carbocycles. The molecule has 0 amide bonds. The lowest BCUT2D eigenvalue weighted by atomic mass is 9.35. The van der Waals surface area contributed by atoms with Crippen molar-refractivity contribution in [3.63, 3.8) is 0 Å². The van der Waals surface area contributed by atoms with Crippen LogP contribution in [0, 0.1) is 45.3 Å². The summed E-state index contributed by atoms with van der Waals surface area (Å²) in [5.74, 6) is -0.0173. The van der Waals surface area contributed by atoms with Gasteiger partial charge in [-0.3, -0.25) is 0 Å². The molecule has 2 heterocycles. The summed E-state index contributed by atoms with van der Waals surface area (Å²) < 4.78 is 24.5. The molecule has 0 radical (unpaired) electrons. The third-order valence-corrected chi connectivity index (χ3v) is 16.6. The molecule has 13 nitrogen and oxygen atoms in total. The van der Waals surface area contributed by atoms with E-state index < -0.39 is 97.3 Å². The Bertz CT molecular complexity index is 1390. The second-order valence-corrected chi connectivity index (χ2v) is 20.2. The summed E-state index contributed by atoms with van der Waals surface area (Å²) in [6.45, 7) is 18.1. The molecule has 0 spiro atoms. The van der Waals surface area contributed by atoms with Crippen molar-refractivity contribution in [2.75, 3.05) is 6.61 Å². The molecular formula is C42H72O13. The molecule has 4 saturated carbocycles. The molecule has 0 aromatic rings. The molecule has 0 bridgehead atoms. The predicted octanol–water partition coefficient (Wildman–Crippen LogP) is 2.15. The maximum absolute atomic E-state index is 12.4. The van der Waals surface area contributed by atoms with Crippen molar-refractivity contribution in [1.82, 2.24) is 0 Å². The first-order chi connectivity index (χ1) is 25.5. The van der Waals surface area contributed by atoms with E-state index >= 15 is 0 Å². The third kappa shape index (κ3) is 7.00. The Morgan fingerprint density at radius 2 is 1.42 bits per heavy atom. The summed E-state index contributed by atoms with van der Waals surface area (Å²) in [7, 11) is 0. The molecule has 2 aliphatic heterocycles. The molecule has 9 N–H and O–H groups in total. The zero-order valence-corrected chi connectivity index (χ0v) is 34.4. The molecule has 6 rings (SSSR count). The van der Waals surface area contributed by atoms with Gasteiger partial charge in [0, 0.05) is 0 Å². The summed E-state index contributed by atoms with van der Waals surface area (Å²) in [5.41, 5.74) is -1.04. The minimum absolute atomic E-state index is 0.118. The van der Waals surface area contributed by atoms with Crippen LogP contribution in [0.15, 0.2) is 11.6 Å². The summed E-state index contributed by atoms with van der Waals surface area (Å²) in [5, 5.41) is 99.3. The SMILES string of the molecule is CC(C)=CCC[C@](C)(O[C@@H]1O[C@H](CO)[C@@H](O[C@@H]2O[C@@H](C)[C@H](O)[C@@H](O)[C@H]2O)[C@H](O)[C@H]1O)[C@H]1CC[C@]2(C)[C@@H]1[C@H](O)C[C@@H]1[C@@]3(C)C[C@@H](O)[C@H](O)C(C)(C)[C@@H]3CC[C@]12C. The van der Waals surface area contributed by atoms with Gasteiger partial charge in [-0.05, 0) is 124 Å². The second kappa shape index (κ2) is 15.4. The summed E-state index contributed by atoms with van der Waals surface area (Å²) in [6.07, 6.45) is -8.72. The van der Waals surface area contributed by atoms with Crippen LogP contribution >= 0.6 is 0 Å². The van der Waals surface area contributed by atoms with Crippen LogP contribution in [0.2, 0.25) is 0 Å². The Morgan fingerprint density at radius 3 is 2.05 bits per heavy atom. The van der Waals surface area contributed by atoms with E-state index in [-0.39, 0.29) is 39.9 Å². The van der Waals surface area contributed by atoms with Crippen molar-refractivity contribution in [3.8, 4) is 0 Å². The molecule has 318 valence electrons. The molecular weight excluding hydrogens is 712 g/mol. The van der Waals surface area contributed by atoms with Gasteiger partial charge in [0.15, 0.2) is 12.6 Å². The number of rotatable bonds is 9. The topological polar surface area (TPSA) is 219 Å². The highest BCUT2D eigenvalue weighted by atomic mass is 16.7. The first kappa shape index (κ1) is 43.8. The average Bonchev–Trinajstić information content (AvgIpc) is 3.49. The van der Waals surface area contributed by atoms with Crippen molar-refractivity contribution in [2.24, 2.45) is 45.3 Å². The van der Waals surface area contributed by atoms with Gasteiger partial charge >= 0.3 is 0 Å². The van der Waals surface area contributed by atoms with Crippen LogP contribution < -0.4 is 0 Å². The molecule has 2 saturated heterocycles. The van der Waals surface area contributed by atoms with Crippen LogP contribution in [0.25, 0.3) is 0 Å². The quantitative estimate of drug-likeness (QED) is 0.153. The highest BCUT2D eigenvalue weighted by molar-refractivity contribution is 5.21. The highest BCUT2D eigenvalue weighted by Crippen LogP contribution is 2.76. The van der Waals surface area contributed by atoms with Crippen LogP contribution in [0.4, 0.5) is 0 Å². The molecule has 55 heavy (non-hydrogen) atoms. The Balaban J connectivity index is 1.27. The monoisotopic (exact) mass is 784 g/mol. The van der Waals surface area contributed by atoms with Crippen molar-refractivity contribution in [2.45, 2.75) is 199 Å². The van der Waals surface area contributed by atoms with Gasteiger partial charge in [0.05, 0.1) is 36.6 Å². The van der Waals surface area contributed by atoms with Gasteiger partial charge in [0.1, 0.15) is 42.7 Å². The fraction of sp³-hybridized carbons (Fsp3) is 0.952. The van der Waals surface area contributed by atoms with E-state index in [0.717, 1.165) is 31.3 Å². The Labute approximate surface area is 327 Å². The van der Waals surface area contributed by atoms with Gasteiger partial charge in [0.2, 0.25) is 0 Å². The second-order valence-electron chi connectivity index (χ2n) is 20.2. The molecule has 0 aromatic carbocycles. The number of aliphatic hydroxyl groups excluding tert-OH is 9.